The van der Waals surface area contributed by atoms with Crippen molar-refractivity contribution in [2.24, 2.45) is 0 Å². The van der Waals surface area contributed by atoms with E-state index in [-0.39, 0.29) is 0 Å². The highest BCUT2D eigenvalue weighted by Crippen LogP contribution is 2.14. The first-order valence-corrected chi connectivity index (χ1v) is 5.83. The van der Waals surface area contributed by atoms with E-state index < -0.39 is 0 Å². The van der Waals surface area contributed by atoms with Gasteiger partial charge < -0.3 is 9.80 Å². The quantitative estimate of drug-likeness (QED) is 0.680. The molecule has 0 aliphatic heterocycles. The van der Waals surface area contributed by atoms with Gasteiger partial charge in [0, 0.05) is 13.1 Å². The lowest BCUT2D eigenvalue weighted by atomic mass is 10.1. The van der Waals surface area contributed by atoms with Crippen LogP contribution in [0.5, 0.6) is 0 Å². The molecule has 2 heteroatoms. The van der Waals surface area contributed by atoms with Gasteiger partial charge in [-0.15, -0.1) is 0 Å². The third-order valence-electron chi connectivity index (χ3n) is 2.76. The Bertz CT molecular complexity index is 377. The van der Waals surface area contributed by atoms with Crippen LogP contribution in [0.2, 0.25) is 0 Å². The number of benzene rings is 1. The molecule has 0 aromatic heterocycles. The molecule has 0 saturated carbocycles. The minimum atomic E-state index is 0.769. The summed E-state index contributed by atoms with van der Waals surface area (Å²) in [6.07, 6.45) is 7.07. The Morgan fingerprint density at radius 2 is 1.06 bits per heavy atom. The van der Waals surface area contributed by atoms with Crippen LogP contribution in [0.25, 0.3) is 0 Å². The summed E-state index contributed by atoms with van der Waals surface area (Å²) in [4.78, 5) is 3.90. The van der Waals surface area contributed by atoms with Crippen LogP contribution in [0.3, 0.4) is 0 Å². The van der Waals surface area contributed by atoms with E-state index >= 15 is 0 Å². The maximum atomic E-state index is 3.76. The predicted molar refractivity (Wildman–Crippen MR) is 78.3 cm³/mol. The normalized spacial score (nSPS) is 9.33. The van der Waals surface area contributed by atoms with Crippen molar-refractivity contribution in [1.82, 2.24) is 9.80 Å². The maximum Gasteiger partial charge on any atom is 0.0473 e. The third kappa shape index (κ3) is 3.67. The van der Waals surface area contributed by atoms with Gasteiger partial charge in [-0.1, -0.05) is 50.6 Å². The van der Waals surface area contributed by atoms with Crippen LogP contribution < -0.4 is 0 Å². The molecule has 0 spiro atoms. The Kier molecular flexibility index (Phi) is 5.52. The van der Waals surface area contributed by atoms with E-state index in [0.29, 0.717) is 0 Å². The summed E-state index contributed by atoms with van der Waals surface area (Å²) in [7, 11) is 0. The molecule has 1 rings (SSSR count). The lowest BCUT2D eigenvalue weighted by Gasteiger charge is -2.20. The van der Waals surface area contributed by atoms with Crippen molar-refractivity contribution in [3.63, 3.8) is 0 Å². The van der Waals surface area contributed by atoms with E-state index in [2.05, 4.69) is 38.4 Å². The van der Waals surface area contributed by atoms with Crippen LogP contribution in [0.4, 0.5) is 0 Å². The van der Waals surface area contributed by atoms with E-state index in [4.69, 9.17) is 0 Å². The molecule has 0 unspecified atom stereocenters. The Morgan fingerprint density at radius 3 is 1.33 bits per heavy atom. The number of rotatable bonds is 8. The second-order valence-corrected chi connectivity index (χ2v) is 3.84. The van der Waals surface area contributed by atoms with Crippen molar-refractivity contribution in [1.29, 1.82) is 0 Å². The van der Waals surface area contributed by atoms with Gasteiger partial charge in [0.15, 0.2) is 0 Å². The van der Waals surface area contributed by atoms with Crippen LogP contribution in [-0.4, -0.2) is 9.80 Å². The SMILES string of the molecule is C=CN(C=C)Cc1ccccc1CN(C=C)C=C. The summed E-state index contributed by atoms with van der Waals surface area (Å²) >= 11 is 0. The second-order valence-electron chi connectivity index (χ2n) is 3.84. The second kappa shape index (κ2) is 7.17. The van der Waals surface area contributed by atoms with Crippen molar-refractivity contribution >= 4 is 0 Å². The molecule has 0 fully saturated rings. The molecule has 0 heterocycles. The van der Waals surface area contributed by atoms with Gasteiger partial charge in [0.2, 0.25) is 0 Å². The van der Waals surface area contributed by atoms with Crippen molar-refractivity contribution in [3.8, 4) is 0 Å². The van der Waals surface area contributed by atoms with Crippen LogP contribution >= 0.6 is 0 Å². The van der Waals surface area contributed by atoms with Gasteiger partial charge in [0.1, 0.15) is 0 Å². The van der Waals surface area contributed by atoms with Crippen LogP contribution in [0, 0.1) is 0 Å². The highest BCUT2D eigenvalue weighted by molar-refractivity contribution is 5.28. The lowest BCUT2D eigenvalue weighted by molar-refractivity contribution is 0.477. The Labute approximate surface area is 110 Å². The summed E-state index contributed by atoms with van der Waals surface area (Å²) in [5.74, 6) is 0. The van der Waals surface area contributed by atoms with E-state index in [9.17, 15) is 0 Å². The summed E-state index contributed by atoms with van der Waals surface area (Å²) in [6.45, 7) is 16.6. The standard InChI is InChI=1S/C16H20N2/c1-5-17(6-2)13-15-11-9-10-12-16(15)14-18(7-3)8-4/h5-12H,1-4,13-14H2. The van der Waals surface area contributed by atoms with Gasteiger partial charge in [0.05, 0.1) is 0 Å². The van der Waals surface area contributed by atoms with Crippen molar-refractivity contribution in [3.05, 3.63) is 86.5 Å². The van der Waals surface area contributed by atoms with Gasteiger partial charge in [0.25, 0.3) is 0 Å². The molecule has 0 amide bonds. The minimum absolute atomic E-state index is 0.769. The first-order valence-electron chi connectivity index (χ1n) is 5.83. The molecule has 0 N–H and O–H groups in total. The fourth-order valence-corrected chi connectivity index (χ4v) is 1.67. The van der Waals surface area contributed by atoms with Gasteiger partial charge in [-0.05, 0) is 35.9 Å². The predicted octanol–water partition coefficient (Wildman–Crippen LogP) is 3.86. The zero-order chi connectivity index (χ0) is 13.4. The Morgan fingerprint density at radius 1 is 0.722 bits per heavy atom. The average molecular weight is 240 g/mol. The van der Waals surface area contributed by atoms with E-state index in [0.717, 1.165) is 13.1 Å². The molecule has 94 valence electrons. The first kappa shape index (κ1) is 13.8. The Balaban J connectivity index is 2.91. The average Bonchev–Trinajstić information content (AvgIpc) is 2.43. The van der Waals surface area contributed by atoms with Gasteiger partial charge in [-0.25, -0.2) is 0 Å². The fourth-order valence-electron chi connectivity index (χ4n) is 1.67. The molecule has 0 aliphatic rings. The van der Waals surface area contributed by atoms with Gasteiger partial charge in [-0.3, -0.25) is 0 Å². The number of nitrogens with zero attached hydrogens (tertiary/aromatic N) is 2. The summed E-state index contributed by atoms with van der Waals surface area (Å²) in [6, 6.07) is 8.30. The monoisotopic (exact) mass is 240 g/mol. The topological polar surface area (TPSA) is 6.48 Å². The molecule has 0 radical (unpaired) electrons. The molecule has 0 saturated heterocycles. The molecule has 2 nitrogen and oxygen atoms in total. The van der Waals surface area contributed by atoms with Crippen LogP contribution in [0.15, 0.2) is 75.4 Å². The molecule has 0 aliphatic carbocycles. The van der Waals surface area contributed by atoms with E-state index in [1.807, 2.05) is 21.9 Å². The van der Waals surface area contributed by atoms with Crippen molar-refractivity contribution < 1.29 is 0 Å². The molecular weight excluding hydrogens is 220 g/mol. The number of hydrogen-bond donors (Lipinski definition) is 0. The van der Waals surface area contributed by atoms with Gasteiger partial charge >= 0.3 is 0 Å². The maximum absolute atomic E-state index is 3.76. The molecule has 0 bridgehead atoms. The summed E-state index contributed by atoms with van der Waals surface area (Å²) in [5.41, 5.74) is 2.48. The highest BCUT2D eigenvalue weighted by Gasteiger charge is 2.05. The zero-order valence-electron chi connectivity index (χ0n) is 10.8. The molecule has 0 atom stereocenters. The smallest absolute Gasteiger partial charge is 0.0473 e. The molecule has 18 heavy (non-hydrogen) atoms. The largest absolute Gasteiger partial charge is 0.351 e. The summed E-state index contributed by atoms with van der Waals surface area (Å²) in [5, 5.41) is 0. The zero-order valence-corrected chi connectivity index (χ0v) is 10.8. The highest BCUT2D eigenvalue weighted by atomic mass is 15.1. The molecular formula is C16H20N2. The fraction of sp³-hybridized carbons (Fsp3) is 0.125. The lowest BCUT2D eigenvalue weighted by Crippen LogP contribution is -2.14. The minimum Gasteiger partial charge on any atom is -0.351 e. The molecule has 1 aromatic carbocycles. The number of hydrogen-bond acceptors (Lipinski definition) is 2. The molecule has 1 aromatic rings. The van der Waals surface area contributed by atoms with E-state index in [1.54, 1.807) is 24.8 Å². The summed E-state index contributed by atoms with van der Waals surface area (Å²) < 4.78 is 0. The van der Waals surface area contributed by atoms with Crippen LogP contribution in [-0.2, 0) is 13.1 Å². The van der Waals surface area contributed by atoms with Crippen molar-refractivity contribution in [2.45, 2.75) is 13.1 Å². The van der Waals surface area contributed by atoms with E-state index in [1.165, 1.54) is 11.1 Å². The van der Waals surface area contributed by atoms with Crippen LogP contribution in [0.1, 0.15) is 11.1 Å². The van der Waals surface area contributed by atoms with Gasteiger partial charge in [-0.2, -0.15) is 0 Å². The Hall–Kier alpha value is -2.22. The van der Waals surface area contributed by atoms with Crippen molar-refractivity contribution in [2.75, 3.05) is 0 Å². The third-order valence-corrected chi connectivity index (χ3v) is 2.76. The first-order chi connectivity index (χ1) is 8.74.